The van der Waals surface area contributed by atoms with E-state index in [9.17, 15) is 14.3 Å². The Hall–Kier alpha value is -1.15. The SMILES string of the molecule is C[N+](C)(C)CC(CC(=O)O)OP(=O)(O)OCCCCCCCCCOc1ccc(Cl)cc1. The van der Waals surface area contributed by atoms with E-state index in [0.717, 1.165) is 44.3 Å². The summed E-state index contributed by atoms with van der Waals surface area (Å²) in [6.07, 6.45) is 5.56. The van der Waals surface area contributed by atoms with E-state index in [-0.39, 0.29) is 19.6 Å². The molecule has 1 aromatic rings. The van der Waals surface area contributed by atoms with Gasteiger partial charge in [-0.15, -0.1) is 0 Å². The second-order valence-electron chi connectivity index (χ2n) is 8.88. The smallest absolute Gasteiger partial charge is 0.472 e. The number of hydrogen-bond donors (Lipinski definition) is 2. The van der Waals surface area contributed by atoms with Crippen molar-refractivity contribution in [1.29, 1.82) is 0 Å². The molecule has 0 bridgehead atoms. The normalized spacial score (nSPS) is 14.7. The number of nitrogens with zero attached hydrogens (tertiary/aromatic N) is 1. The van der Waals surface area contributed by atoms with Crippen LogP contribution in [0.4, 0.5) is 0 Å². The van der Waals surface area contributed by atoms with Gasteiger partial charge in [-0.1, -0.05) is 43.7 Å². The molecule has 0 saturated heterocycles. The van der Waals surface area contributed by atoms with Gasteiger partial charge in [-0.25, -0.2) is 4.57 Å². The first-order chi connectivity index (χ1) is 15.0. The summed E-state index contributed by atoms with van der Waals surface area (Å²) in [4.78, 5) is 20.9. The summed E-state index contributed by atoms with van der Waals surface area (Å²) in [5, 5.41) is 9.69. The molecule has 0 amide bonds. The third-order valence-electron chi connectivity index (χ3n) is 4.56. The van der Waals surface area contributed by atoms with E-state index in [1.165, 1.54) is 0 Å². The molecule has 2 unspecified atom stereocenters. The number of ether oxygens (including phenoxy) is 1. The molecule has 0 aliphatic rings. The summed E-state index contributed by atoms with van der Waals surface area (Å²) in [6, 6.07) is 7.33. The maximum absolute atomic E-state index is 12.1. The summed E-state index contributed by atoms with van der Waals surface area (Å²) in [6.45, 7) is 1.07. The number of halogens is 1. The van der Waals surface area contributed by atoms with Gasteiger partial charge >= 0.3 is 13.8 Å². The highest BCUT2D eigenvalue weighted by molar-refractivity contribution is 7.47. The van der Waals surface area contributed by atoms with Crippen LogP contribution in [0.15, 0.2) is 24.3 Å². The third kappa shape index (κ3) is 15.6. The van der Waals surface area contributed by atoms with E-state index in [4.69, 9.17) is 30.5 Å². The van der Waals surface area contributed by atoms with E-state index in [2.05, 4.69) is 0 Å². The van der Waals surface area contributed by atoms with Crippen LogP contribution >= 0.6 is 19.4 Å². The molecular formula is C22H38ClNO7P+. The second-order valence-corrected chi connectivity index (χ2v) is 10.7. The Bertz CT molecular complexity index is 709. The fourth-order valence-electron chi connectivity index (χ4n) is 3.15. The molecule has 1 aromatic carbocycles. The van der Waals surface area contributed by atoms with E-state index >= 15 is 0 Å². The number of carbonyl (C=O) groups is 1. The number of unbranched alkanes of at least 4 members (excludes halogenated alkanes) is 6. The summed E-state index contributed by atoms with van der Waals surface area (Å²) in [5.74, 6) is -0.258. The lowest BCUT2D eigenvalue weighted by atomic mass is 10.1. The number of phosphoric ester groups is 1. The van der Waals surface area contributed by atoms with Crippen molar-refractivity contribution in [3.8, 4) is 5.75 Å². The fraction of sp³-hybridized carbons (Fsp3) is 0.682. The summed E-state index contributed by atoms with van der Waals surface area (Å²) in [5.41, 5.74) is 0. The largest absolute Gasteiger partial charge is 0.494 e. The van der Waals surface area contributed by atoms with Crippen LogP contribution in [-0.2, 0) is 18.4 Å². The standard InChI is InChI=1S/C22H37ClNO7P/c1-24(2,3)18-21(17-22(25)26)31-32(27,28)30-16-10-8-6-4-5-7-9-15-29-20-13-11-19(23)12-14-20/h11-14,21H,4-10,15-18H2,1-3H3,(H-,25,26,27,28)/p+1. The Kier molecular flexibility index (Phi) is 13.4. The minimum absolute atomic E-state index is 0.104. The molecule has 0 saturated carbocycles. The molecule has 0 heterocycles. The van der Waals surface area contributed by atoms with Crippen molar-refractivity contribution in [2.45, 2.75) is 57.5 Å². The average Bonchev–Trinajstić information content (AvgIpc) is 2.65. The molecule has 2 N–H and O–H groups in total. The topological polar surface area (TPSA) is 102 Å². The Balaban J connectivity index is 2.08. The summed E-state index contributed by atoms with van der Waals surface area (Å²) < 4.78 is 28.4. The van der Waals surface area contributed by atoms with Crippen LogP contribution in [0.2, 0.25) is 5.02 Å². The number of quaternary nitrogens is 1. The number of likely N-dealkylation sites (N-methyl/N-ethyl adjacent to an activating group) is 1. The van der Waals surface area contributed by atoms with Crippen LogP contribution in [0, 0.1) is 0 Å². The highest BCUT2D eigenvalue weighted by atomic mass is 35.5. The van der Waals surface area contributed by atoms with Crippen molar-refractivity contribution >= 4 is 25.4 Å². The van der Waals surface area contributed by atoms with Gasteiger partial charge in [0.1, 0.15) is 18.4 Å². The molecule has 0 spiro atoms. The molecule has 0 radical (unpaired) electrons. The van der Waals surface area contributed by atoms with Gasteiger partial charge in [0.05, 0.1) is 40.8 Å². The number of hydrogen-bond acceptors (Lipinski definition) is 5. The average molecular weight is 495 g/mol. The van der Waals surface area contributed by atoms with E-state index < -0.39 is 19.9 Å². The zero-order valence-corrected chi connectivity index (χ0v) is 21.0. The van der Waals surface area contributed by atoms with Crippen molar-refractivity contribution in [3.05, 3.63) is 29.3 Å². The van der Waals surface area contributed by atoms with Crippen LogP contribution in [0.1, 0.15) is 51.4 Å². The molecule has 2 atom stereocenters. The predicted molar refractivity (Wildman–Crippen MR) is 125 cm³/mol. The molecule has 0 aliphatic carbocycles. The zero-order valence-electron chi connectivity index (χ0n) is 19.4. The Morgan fingerprint density at radius 2 is 1.53 bits per heavy atom. The van der Waals surface area contributed by atoms with Crippen LogP contribution in [0.25, 0.3) is 0 Å². The van der Waals surface area contributed by atoms with Gasteiger partial charge in [0.2, 0.25) is 0 Å². The first kappa shape index (κ1) is 28.9. The number of benzene rings is 1. The quantitative estimate of drug-likeness (QED) is 0.165. The first-order valence-electron chi connectivity index (χ1n) is 11.0. The van der Waals surface area contributed by atoms with Crippen LogP contribution in [0.3, 0.4) is 0 Å². The van der Waals surface area contributed by atoms with Crippen LogP contribution in [0.5, 0.6) is 5.75 Å². The fourth-order valence-corrected chi connectivity index (χ4v) is 4.21. The predicted octanol–water partition coefficient (Wildman–Crippen LogP) is 5.13. The molecule has 0 fully saturated rings. The van der Waals surface area contributed by atoms with Gasteiger partial charge in [0.25, 0.3) is 0 Å². The van der Waals surface area contributed by atoms with Crippen molar-refractivity contribution in [2.24, 2.45) is 0 Å². The maximum Gasteiger partial charge on any atom is 0.472 e. The highest BCUT2D eigenvalue weighted by Crippen LogP contribution is 2.45. The maximum atomic E-state index is 12.1. The minimum Gasteiger partial charge on any atom is -0.494 e. The van der Waals surface area contributed by atoms with Crippen LogP contribution in [-0.4, -0.2) is 67.5 Å². The van der Waals surface area contributed by atoms with Gasteiger partial charge in [0, 0.05) is 5.02 Å². The third-order valence-corrected chi connectivity index (χ3v) is 5.89. The van der Waals surface area contributed by atoms with E-state index in [1.54, 1.807) is 0 Å². The van der Waals surface area contributed by atoms with E-state index in [1.807, 2.05) is 45.4 Å². The minimum atomic E-state index is -4.29. The van der Waals surface area contributed by atoms with Crippen LogP contribution < -0.4 is 4.74 Å². The highest BCUT2D eigenvalue weighted by Gasteiger charge is 2.31. The lowest BCUT2D eigenvalue weighted by Gasteiger charge is -2.29. The van der Waals surface area contributed by atoms with Gasteiger partial charge in [-0.05, 0) is 37.1 Å². The van der Waals surface area contributed by atoms with Gasteiger partial charge in [-0.3, -0.25) is 13.8 Å². The van der Waals surface area contributed by atoms with Gasteiger partial charge in [-0.2, -0.15) is 0 Å². The number of carboxylic acid groups (broad SMARTS) is 1. The number of rotatable bonds is 18. The molecular weight excluding hydrogens is 457 g/mol. The Labute approximate surface area is 196 Å². The lowest BCUT2D eigenvalue weighted by molar-refractivity contribution is -0.873. The first-order valence-corrected chi connectivity index (χ1v) is 12.9. The molecule has 10 heteroatoms. The molecule has 0 aromatic heterocycles. The molecule has 8 nitrogen and oxygen atoms in total. The zero-order chi connectivity index (χ0) is 24.0. The Morgan fingerprint density at radius 3 is 2.06 bits per heavy atom. The van der Waals surface area contributed by atoms with Crippen molar-refractivity contribution in [3.63, 3.8) is 0 Å². The molecule has 184 valence electrons. The molecule has 0 aliphatic heterocycles. The van der Waals surface area contributed by atoms with Gasteiger partial charge in [0.15, 0.2) is 0 Å². The number of phosphoric acid groups is 1. The second kappa shape index (κ2) is 14.9. The molecule has 32 heavy (non-hydrogen) atoms. The monoisotopic (exact) mass is 494 g/mol. The Morgan fingerprint density at radius 1 is 1.00 bits per heavy atom. The summed E-state index contributed by atoms with van der Waals surface area (Å²) >= 11 is 5.84. The van der Waals surface area contributed by atoms with Crippen molar-refractivity contribution in [2.75, 3.05) is 40.9 Å². The molecule has 1 rings (SSSR count). The lowest BCUT2D eigenvalue weighted by Crippen LogP contribution is -2.42. The number of carboxylic acids is 1. The van der Waals surface area contributed by atoms with Crippen molar-refractivity contribution < 1.29 is 37.6 Å². The number of aliphatic carboxylic acids is 1. The van der Waals surface area contributed by atoms with Gasteiger partial charge < -0.3 is 19.2 Å². The van der Waals surface area contributed by atoms with E-state index in [0.29, 0.717) is 22.5 Å². The summed E-state index contributed by atoms with van der Waals surface area (Å²) in [7, 11) is 1.28. The van der Waals surface area contributed by atoms with Crippen molar-refractivity contribution in [1.82, 2.24) is 0 Å².